The highest BCUT2D eigenvalue weighted by atomic mass is 32.1. The van der Waals surface area contributed by atoms with Crippen LogP contribution in [0.1, 0.15) is 22.8 Å². The van der Waals surface area contributed by atoms with E-state index < -0.39 is 0 Å². The summed E-state index contributed by atoms with van der Waals surface area (Å²) in [6, 6.07) is 11.2. The predicted octanol–water partition coefficient (Wildman–Crippen LogP) is 3.03. The maximum Gasteiger partial charge on any atom is 0.255 e. The van der Waals surface area contributed by atoms with Crippen LogP contribution in [0.15, 0.2) is 53.7 Å². The molecule has 0 aliphatic carbocycles. The standard InChI is InChI=1S/C15H16N2OS/c1-2-17(11-12-7-9-16-10-8-12)15(18)13-5-3-4-6-14(13)19/h3-10,19H,2,11H2,1H3. The Balaban J connectivity index is 2.18. The lowest BCUT2D eigenvalue weighted by Crippen LogP contribution is -2.30. The first kappa shape index (κ1) is 13.6. The van der Waals surface area contributed by atoms with Crippen LogP contribution < -0.4 is 0 Å². The maximum atomic E-state index is 12.5. The van der Waals surface area contributed by atoms with Crippen molar-refractivity contribution in [3.05, 3.63) is 59.9 Å². The minimum absolute atomic E-state index is 0.00455. The molecule has 0 aliphatic heterocycles. The number of carbonyl (C=O) groups is 1. The van der Waals surface area contributed by atoms with Crippen molar-refractivity contribution in [1.29, 1.82) is 0 Å². The Kier molecular flexibility index (Phi) is 4.58. The molecule has 1 amide bonds. The van der Waals surface area contributed by atoms with Crippen LogP contribution in [0.2, 0.25) is 0 Å². The van der Waals surface area contributed by atoms with Gasteiger partial charge in [0.05, 0.1) is 5.56 Å². The van der Waals surface area contributed by atoms with Crippen LogP contribution in [0.5, 0.6) is 0 Å². The molecule has 0 fully saturated rings. The Morgan fingerprint density at radius 2 is 1.89 bits per heavy atom. The van der Waals surface area contributed by atoms with Crippen molar-refractivity contribution in [2.75, 3.05) is 6.54 Å². The van der Waals surface area contributed by atoms with Crippen molar-refractivity contribution >= 4 is 18.5 Å². The summed E-state index contributed by atoms with van der Waals surface area (Å²) in [4.78, 5) is 18.9. The summed E-state index contributed by atoms with van der Waals surface area (Å²) in [5, 5.41) is 0. The molecule has 0 saturated carbocycles. The molecule has 1 heterocycles. The number of hydrogen-bond donors (Lipinski definition) is 1. The van der Waals surface area contributed by atoms with Crippen LogP contribution in [0.3, 0.4) is 0 Å². The number of thiol groups is 1. The summed E-state index contributed by atoms with van der Waals surface area (Å²) in [5.74, 6) is 0.00455. The van der Waals surface area contributed by atoms with E-state index in [1.165, 1.54) is 0 Å². The smallest absolute Gasteiger partial charge is 0.255 e. The average molecular weight is 272 g/mol. The quantitative estimate of drug-likeness (QED) is 0.868. The van der Waals surface area contributed by atoms with E-state index in [-0.39, 0.29) is 5.91 Å². The molecule has 0 saturated heterocycles. The van der Waals surface area contributed by atoms with Gasteiger partial charge in [-0.05, 0) is 36.8 Å². The van der Waals surface area contributed by atoms with Gasteiger partial charge in [0.2, 0.25) is 0 Å². The lowest BCUT2D eigenvalue weighted by Gasteiger charge is -2.21. The largest absolute Gasteiger partial charge is 0.335 e. The van der Waals surface area contributed by atoms with Crippen molar-refractivity contribution in [3.63, 3.8) is 0 Å². The third-order valence-electron chi connectivity index (χ3n) is 2.93. The van der Waals surface area contributed by atoms with E-state index in [0.717, 1.165) is 5.56 Å². The van der Waals surface area contributed by atoms with Gasteiger partial charge in [0.25, 0.3) is 5.91 Å². The number of carbonyl (C=O) groups excluding carboxylic acids is 1. The maximum absolute atomic E-state index is 12.5. The number of rotatable bonds is 4. The van der Waals surface area contributed by atoms with Crippen molar-refractivity contribution in [2.45, 2.75) is 18.4 Å². The third-order valence-corrected chi connectivity index (χ3v) is 3.32. The van der Waals surface area contributed by atoms with E-state index in [9.17, 15) is 4.79 Å². The van der Waals surface area contributed by atoms with Gasteiger partial charge in [-0.1, -0.05) is 12.1 Å². The number of hydrogen-bond acceptors (Lipinski definition) is 3. The SMILES string of the molecule is CCN(Cc1ccncc1)C(=O)c1ccccc1S. The molecule has 1 aromatic heterocycles. The van der Waals surface area contributed by atoms with Crippen LogP contribution in [0.25, 0.3) is 0 Å². The Morgan fingerprint density at radius 3 is 2.53 bits per heavy atom. The summed E-state index contributed by atoms with van der Waals surface area (Å²) in [7, 11) is 0. The van der Waals surface area contributed by atoms with E-state index in [1.807, 2.05) is 37.3 Å². The molecular weight excluding hydrogens is 256 g/mol. The van der Waals surface area contributed by atoms with Crippen molar-refractivity contribution in [3.8, 4) is 0 Å². The predicted molar refractivity (Wildman–Crippen MR) is 78.3 cm³/mol. The highest BCUT2D eigenvalue weighted by Crippen LogP contribution is 2.16. The fourth-order valence-corrected chi connectivity index (χ4v) is 2.12. The Hall–Kier alpha value is -1.81. The second-order valence-electron chi connectivity index (χ2n) is 4.19. The molecule has 0 bridgehead atoms. The number of aromatic nitrogens is 1. The highest BCUT2D eigenvalue weighted by Gasteiger charge is 2.16. The van der Waals surface area contributed by atoms with E-state index in [0.29, 0.717) is 23.5 Å². The fourth-order valence-electron chi connectivity index (χ4n) is 1.86. The van der Waals surface area contributed by atoms with Gasteiger partial charge in [0, 0.05) is 30.4 Å². The van der Waals surface area contributed by atoms with Crippen LogP contribution in [0, 0.1) is 0 Å². The number of benzene rings is 1. The Bertz CT molecular complexity index is 557. The molecule has 19 heavy (non-hydrogen) atoms. The van der Waals surface area contributed by atoms with Crippen LogP contribution >= 0.6 is 12.6 Å². The molecule has 1 aromatic carbocycles. The first-order chi connectivity index (χ1) is 9.22. The zero-order valence-electron chi connectivity index (χ0n) is 10.8. The molecule has 0 unspecified atom stereocenters. The van der Waals surface area contributed by atoms with Gasteiger partial charge in [-0.3, -0.25) is 9.78 Å². The van der Waals surface area contributed by atoms with E-state index >= 15 is 0 Å². The number of nitrogens with zero attached hydrogens (tertiary/aromatic N) is 2. The first-order valence-electron chi connectivity index (χ1n) is 6.18. The molecular formula is C15H16N2OS. The lowest BCUT2D eigenvalue weighted by atomic mass is 10.1. The summed E-state index contributed by atoms with van der Waals surface area (Å²) >= 11 is 4.34. The van der Waals surface area contributed by atoms with Crippen molar-refractivity contribution in [1.82, 2.24) is 9.88 Å². The van der Waals surface area contributed by atoms with E-state index in [2.05, 4.69) is 17.6 Å². The lowest BCUT2D eigenvalue weighted by molar-refractivity contribution is 0.0749. The van der Waals surface area contributed by atoms with Gasteiger partial charge in [0.15, 0.2) is 0 Å². The fraction of sp³-hybridized carbons (Fsp3) is 0.200. The Morgan fingerprint density at radius 1 is 1.21 bits per heavy atom. The third kappa shape index (κ3) is 3.35. The number of amides is 1. The van der Waals surface area contributed by atoms with Crippen LogP contribution in [-0.4, -0.2) is 22.3 Å². The van der Waals surface area contributed by atoms with Gasteiger partial charge in [0.1, 0.15) is 0 Å². The second kappa shape index (κ2) is 6.38. The monoisotopic (exact) mass is 272 g/mol. The topological polar surface area (TPSA) is 33.2 Å². The minimum atomic E-state index is 0.00455. The Labute approximate surface area is 118 Å². The summed E-state index contributed by atoms with van der Waals surface area (Å²) < 4.78 is 0. The van der Waals surface area contributed by atoms with Crippen molar-refractivity contribution in [2.24, 2.45) is 0 Å². The molecule has 0 aliphatic rings. The van der Waals surface area contributed by atoms with Crippen LogP contribution in [-0.2, 0) is 6.54 Å². The van der Waals surface area contributed by atoms with Gasteiger partial charge in [-0.25, -0.2) is 0 Å². The molecule has 98 valence electrons. The second-order valence-corrected chi connectivity index (χ2v) is 4.67. The summed E-state index contributed by atoms with van der Waals surface area (Å²) in [5.41, 5.74) is 1.71. The number of pyridine rings is 1. The zero-order valence-corrected chi connectivity index (χ0v) is 11.7. The zero-order chi connectivity index (χ0) is 13.7. The molecule has 0 radical (unpaired) electrons. The first-order valence-corrected chi connectivity index (χ1v) is 6.63. The molecule has 2 rings (SSSR count). The average Bonchev–Trinajstić information content (AvgIpc) is 2.46. The molecule has 0 N–H and O–H groups in total. The van der Waals surface area contributed by atoms with E-state index in [4.69, 9.17) is 0 Å². The van der Waals surface area contributed by atoms with Gasteiger partial charge in [-0.2, -0.15) is 0 Å². The van der Waals surface area contributed by atoms with Crippen LogP contribution in [0.4, 0.5) is 0 Å². The summed E-state index contributed by atoms with van der Waals surface area (Å²) in [6.07, 6.45) is 3.47. The molecule has 0 spiro atoms. The summed E-state index contributed by atoms with van der Waals surface area (Å²) in [6.45, 7) is 3.21. The van der Waals surface area contributed by atoms with Gasteiger partial charge < -0.3 is 4.90 Å². The van der Waals surface area contributed by atoms with Gasteiger partial charge in [-0.15, -0.1) is 12.6 Å². The molecule has 3 nitrogen and oxygen atoms in total. The molecule has 0 atom stereocenters. The van der Waals surface area contributed by atoms with Gasteiger partial charge >= 0.3 is 0 Å². The highest BCUT2D eigenvalue weighted by molar-refractivity contribution is 7.80. The minimum Gasteiger partial charge on any atom is -0.335 e. The molecule has 4 heteroatoms. The normalized spacial score (nSPS) is 10.2. The van der Waals surface area contributed by atoms with Crippen molar-refractivity contribution < 1.29 is 4.79 Å². The van der Waals surface area contributed by atoms with E-state index in [1.54, 1.807) is 23.4 Å². The molecule has 2 aromatic rings.